The first kappa shape index (κ1) is 20.8. The molecule has 4 rings (SSSR count). The molecule has 1 aliphatic rings. The van der Waals surface area contributed by atoms with Gasteiger partial charge in [-0.25, -0.2) is 4.98 Å². The molecule has 1 amide bonds. The van der Waals surface area contributed by atoms with Crippen LogP contribution in [0.1, 0.15) is 30.4 Å². The molecule has 1 aromatic heterocycles. The third kappa shape index (κ3) is 5.60. The third-order valence-corrected chi connectivity index (χ3v) is 5.56. The maximum absolute atomic E-state index is 12.8. The van der Waals surface area contributed by atoms with Gasteiger partial charge in [-0.3, -0.25) is 4.79 Å². The summed E-state index contributed by atoms with van der Waals surface area (Å²) in [5.41, 5.74) is 3.48. The van der Waals surface area contributed by atoms with E-state index in [0.717, 1.165) is 43.7 Å². The molecule has 1 saturated heterocycles. The zero-order chi connectivity index (χ0) is 21.5. The quantitative estimate of drug-likeness (QED) is 0.539. The van der Waals surface area contributed by atoms with Gasteiger partial charge in [-0.15, -0.1) is 0 Å². The summed E-state index contributed by atoms with van der Waals surface area (Å²) in [5.74, 6) is 1.38. The molecule has 0 spiro atoms. The molecule has 1 unspecified atom stereocenters. The Morgan fingerprint density at radius 2 is 1.90 bits per heavy atom. The minimum Gasteiger partial charge on any atom is -0.354 e. The molecule has 1 fully saturated rings. The van der Waals surface area contributed by atoms with Crippen LogP contribution in [0.4, 0.5) is 17.5 Å². The van der Waals surface area contributed by atoms with Gasteiger partial charge in [0.1, 0.15) is 11.9 Å². The van der Waals surface area contributed by atoms with Gasteiger partial charge in [0.05, 0.1) is 0 Å². The summed E-state index contributed by atoms with van der Waals surface area (Å²) in [7, 11) is 0. The monoisotopic (exact) mass is 415 g/mol. The van der Waals surface area contributed by atoms with Crippen molar-refractivity contribution in [3.8, 4) is 0 Å². The highest BCUT2D eigenvalue weighted by Crippen LogP contribution is 2.24. The van der Waals surface area contributed by atoms with Crippen LogP contribution in [-0.4, -0.2) is 35.0 Å². The fourth-order valence-corrected chi connectivity index (χ4v) is 3.89. The van der Waals surface area contributed by atoms with Gasteiger partial charge in [0.15, 0.2) is 0 Å². The van der Waals surface area contributed by atoms with Crippen molar-refractivity contribution in [2.75, 3.05) is 23.3 Å². The van der Waals surface area contributed by atoms with E-state index in [0.29, 0.717) is 12.5 Å². The van der Waals surface area contributed by atoms with E-state index in [9.17, 15) is 4.79 Å². The summed E-state index contributed by atoms with van der Waals surface area (Å²) < 4.78 is 0. The zero-order valence-corrected chi connectivity index (χ0v) is 17.9. The number of aryl methyl sites for hydroxylation is 2. The highest BCUT2D eigenvalue weighted by molar-refractivity contribution is 5.85. The fraction of sp³-hybridized carbons (Fsp3) is 0.320. The Morgan fingerprint density at radius 3 is 2.71 bits per heavy atom. The molecule has 3 aromatic rings. The SMILES string of the molecule is Cc1ccc(Nc2ccnc(N3CCCC3C(=O)NCCCc3ccccc3)n2)cc1. The smallest absolute Gasteiger partial charge is 0.242 e. The normalized spacial score (nSPS) is 15.6. The number of amides is 1. The number of anilines is 3. The van der Waals surface area contributed by atoms with Gasteiger partial charge in [0, 0.05) is 25.0 Å². The van der Waals surface area contributed by atoms with Crippen molar-refractivity contribution in [1.82, 2.24) is 15.3 Å². The Balaban J connectivity index is 1.34. The number of aromatic nitrogens is 2. The molecule has 0 saturated carbocycles. The van der Waals surface area contributed by atoms with Gasteiger partial charge in [-0.2, -0.15) is 4.98 Å². The Bertz CT molecular complexity index is 990. The second-order valence-corrected chi connectivity index (χ2v) is 7.96. The number of benzene rings is 2. The Kier molecular flexibility index (Phi) is 6.77. The van der Waals surface area contributed by atoms with Gasteiger partial charge in [-0.1, -0.05) is 48.0 Å². The average Bonchev–Trinajstić information content (AvgIpc) is 3.29. The summed E-state index contributed by atoms with van der Waals surface area (Å²) in [6.45, 7) is 3.52. The summed E-state index contributed by atoms with van der Waals surface area (Å²) in [6.07, 6.45) is 5.41. The van der Waals surface area contributed by atoms with Gasteiger partial charge < -0.3 is 15.5 Å². The minimum absolute atomic E-state index is 0.0612. The average molecular weight is 416 g/mol. The zero-order valence-electron chi connectivity index (χ0n) is 17.9. The Labute approximate surface area is 183 Å². The lowest BCUT2D eigenvalue weighted by Gasteiger charge is -2.24. The fourth-order valence-electron chi connectivity index (χ4n) is 3.89. The minimum atomic E-state index is -0.216. The van der Waals surface area contributed by atoms with Crippen LogP contribution in [0, 0.1) is 6.92 Å². The molecule has 0 radical (unpaired) electrons. The lowest BCUT2D eigenvalue weighted by atomic mass is 10.1. The van der Waals surface area contributed by atoms with E-state index in [-0.39, 0.29) is 11.9 Å². The van der Waals surface area contributed by atoms with Crippen LogP contribution in [0.2, 0.25) is 0 Å². The second-order valence-electron chi connectivity index (χ2n) is 7.96. The van der Waals surface area contributed by atoms with Crippen molar-refractivity contribution >= 4 is 23.4 Å². The number of rotatable bonds is 8. The van der Waals surface area contributed by atoms with E-state index in [2.05, 4.69) is 51.8 Å². The largest absolute Gasteiger partial charge is 0.354 e. The van der Waals surface area contributed by atoms with Gasteiger partial charge in [0.25, 0.3) is 0 Å². The third-order valence-electron chi connectivity index (χ3n) is 5.56. The van der Waals surface area contributed by atoms with Crippen LogP contribution in [-0.2, 0) is 11.2 Å². The molecule has 1 aliphatic heterocycles. The van der Waals surface area contributed by atoms with Crippen LogP contribution in [0.15, 0.2) is 66.9 Å². The molecule has 31 heavy (non-hydrogen) atoms. The van der Waals surface area contributed by atoms with Crippen molar-refractivity contribution in [3.05, 3.63) is 78.0 Å². The van der Waals surface area contributed by atoms with E-state index in [1.165, 1.54) is 11.1 Å². The predicted molar refractivity (Wildman–Crippen MR) is 125 cm³/mol. The molecule has 6 heteroatoms. The molecule has 6 nitrogen and oxygen atoms in total. The van der Waals surface area contributed by atoms with Gasteiger partial charge in [-0.05, 0) is 56.4 Å². The maximum Gasteiger partial charge on any atom is 0.242 e. The predicted octanol–water partition coefficient (Wildman–Crippen LogP) is 4.25. The molecule has 0 bridgehead atoms. The molecule has 2 aromatic carbocycles. The van der Waals surface area contributed by atoms with Crippen LogP contribution >= 0.6 is 0 Å². The molecule has 2 heterocycles. The van der Waals surface area contributed by atoms with E-state index < -0.39 is 0 Å². The number of hydrogen-bond acceptors (Lipinski definition) is 5. The topological polar surface area (TPSA) is 70.2 Å². The highest BCUT2D eigenvalue weighted by Gasteiger charge is 2.32. The second kappa shape index (κ2) is 10.1. The van der Waals surface area contributed by atoms with Crippen molar-refractivity contribution in [2.45, 2.75) is 38.6 Å². The molecule has 160 valence electrons. The van der Waals surface area contributed by atoms with Crippen molar-refractivity contribution in [2.24, 2.45) is 0 Å². The molecule has 1 atom stereocenters. The lowest BCUT2D eigenvalue weighted by molar-refractivity contribution is -0.122. The molecular weight excluding hydrogens is 386 g/mol. The lowest BCUT2D eigenvalue weighted by Crippen LogP contribution is -2.44. The number of hydrogen-bond donors (Lipinski definition) is 2. The number of nitrogens with one attached hydrogen (secondary N) is 2. The maximum atomic E-state index is 12.8. The van der Waals surface area contributed by atoms with E-state index in [4.69, 9.17) is 0 Å². The summed E-state index contributed by atoms with van der Waals surface area (Å²) in [5, 5.41) is 6.42. The standard InChI is InChI=1S/C25H29N5O/c1-19-11-13-21(14-12-19)28-23-15-17-27-25(29-23)30-18-6-10-22(30)24(31)26-16-5-9-20-7-3-2-4-8-20/h2-4,7-8,11-15,17,22H,5-6,9-10,16,18H2,1H3,(H,26,31)(H,27,28,29). The number of nitrogens with zero attached hydrogens (tertiary/aromatic N) is 3. The molecular formula is C25H29N5O. The first-order chi connectivity index (χ1) is 15.2. The number of carbonyl (C=O) groups excluding carboxylic acids is 1. The van der Waals surface area contributed by atoms with E-state index in [1.807, 2.05) is 41.3 Å². The molecule has 2 N–H and O–H groups in total. The van der Waals surface area contributed by atoms with Gasteiger partial charge >= 0.3 is 0 Å². The van der Waals surface area contributed by atoms with Crippen LogP contribution < -0.4 is 15.5 Å². The molecule has 0 aliphatic carbocycles. The Morgan fingerprint density at radius 1 is 1.10 bits per heavy atom. The summed E-state index contributed by atoms with van der Waals surface area (Å²) in [4.78, 5) is 24.0. The summed E-state index contributed by atoms with van der Waals surface area (Å²) >= 11 is 0. The van der Waals surface area contributed by atoms with Crippen LogP contribution in [0.3, 0.4) is 0 Å². The van der Waals surface area contributed by atoms with Crippen LogP contribution in [0.25, 0.3) is 0 Å². The van der Waals surface area contributed by atoms with E-state index >= 15 is 0 Å². The highest BCUT2D eigenvalue weighted by atomic mass is 16.2. The number of carbonyl (C=O) groups is 1. The van der Waals surface area contributed by atoms with Crippen molar-refractivity contribution in [3.63, 3.8) is 0 Å². The Hall–Kier alpha value is -3.41. The van der Waals surface area contributed by atoms with E-state index in [1.54, 1.807) is 6.20 Å². The van der Waals surface area contributed by atoms with Crippen LogP contribution in [0.5, 0.6) is 0 Å². The van der Waals surface area contributed by atoms with Crippen molar-refractivity contribution in [1.29, 1.82) is 0 Å². The van der Waals surface area contributed by atoms with Gasteiger partial charge in [0.2, 0.25) is 11.9 Å². The first-order valence-corrected chi connectivity index (χ1v) is 10.9. The first-order valence-electron chi connectivity index (χ1n) is 10.9. The summed E-state index contributed by atoms with van der Waals surface area (Å²) in [6, 6.07) is 20.2. The van der Waals surface area contributed by atoms with Crippen molar-refractivity contribution < 1.29 is 4.79 Å².